The summed E-state index contributed by atoms with van der Waals surface area (Å²) in [4.78, 5) is 12.9. The predicted octanol–water partition coefficient (Wildman–Crippen LogP) is 2.97. The fourth-order valence-corrected chi connectivity index (χ4v) is 2.73. The molecule has 1 fully saturated rings. The first-order valence-corrected chi connectivity index (χ1v) is 7.27. The van der Waals surface area contributed by atoms with Gasteiger partial charge in [-0.15, -0.1) is 0 Å². The van der Waals surface area contributed by atoms with Crippen molar-refractivity contribution in [2.45, 2.75) is 31.9 Å². The maximum Gasteiger partial charge on any atom is 0.303 e. The highest BCUT2D eigenvalue weighted by atomic mass is 35.5. The first-order chi connectivity index (χ1) is 9.58. The highest BCUT2D eigenvalue weighted by Crippen LogP contribution is 2.29. The first kappa shape index (κ1) is 15.3. The number of morpholine rings is 1. The second-order valence-electron chi connectivity index (χ2n) is 5.18. The Hall–Kier alpha value is -1.10. The lowest BCUT2D eigenvalue weighted by atomic mass is 10.1. The Balaban J connectivity index is 1.97. The molecule has 1 heterocycles. The Labute approximate surface area is 124 Å². The van der Waals surface area contributed by atoms with E-state index in [0.717, 1.165) is 23.7 Å². The number of aliphatic carboxylic acids is 1. The van der Waals surface area contributed by atoms with E-state index >= 15 is 0 Å². The molecular formula is C15H20ClNO3. The molecule has 0 amide bonds. The Kier molecular flexibility index (Phi) is 5.40. The zero-order valence-corrected chi connectivity index (χ0v) is 12.3. The molecule has 1 aliphatic heterocycles. The van der Waals surface area contributed by atoms with Gasteiger partial charge in [-0.2, -0.15) is 0 Å². The third-order valence-corrected chi connectivity index (χ3v) is 3.99. The molecule has 5 heteroatoms. The summed E-state index contributed by atoms with van der Waals surface area (Å²) in [5, 5.41) is 9.43. The van der Waals surface area contributed by atoms with Gasteiger partial charge >= 0.3 is 5.97 Å². The van der Waals surface area contributed by atoms with Crippen LogP contribution >= 0.6 is 11.6 Å². The average Bonchev–Trinajstić information content (AvgIpc) is 2.41. The van der Waals surface area contributed by atoms with Gasteiger partial charge in [0.05, 0.1) is 12.7 Å². The van der Waals surface area contributed by atoms with Crippen LogP contribution in [0.5, 0.6) is 0 Å². The molecule has 2 rings (SSSR count). The van der Waals surface area contributed by atoms with Crippen molar-refractivity contribution in [3.8, 4) is 0 Å². The molecular weight excluding hydrogens is 278 g/mol. The molecule has 20 heavy (non-hydrogen) atoms. The summed E-state index contributed by atoms with van der Waals surface area (Å²) >= 11 is 6.21. The van der Waals surface area contributed by atoms with Crippen molar-refractivity contribution in [3.63, 3.8) is 0 Å². The van der Waals surface area contributed by atoms with Crippen molar-refractivity contribution >= 4 is 17.6 Å². The lowest BCUT2D eigenvalue weighted by Crippen LogP contribution is -2.45. The van der Waals surface area contributed by atoms with Gasteiger partial charge < -0.3 is 9.84 Å². The van der Waals surface area contributed by atoms with E-state index in [0.29, 0.717) is 19.1 Å². The van der Waals surface area contributed by atoms with Crippen LogP contribution in [0.2, 0.25) is 5.02 Å². The fraction of sp³-hybridized carbons (Fsp3) is 0.533. The Morgan fingerprint density at radius 1 is 1.50 bits per heavy atom. The summed E-state index contributed by atoms with van der Waals surface area (Å²) in [6.07, 6.45) is 0.833. The topological polar surface area (TPSA) is 49.8 Å². The summed E-state index contributed by atoms with van der Waals surface area (Å²) < 4.78 is 5.87. The smallest absolute Gasteiger partial charge is 0.303 e. The normalized spacial score (nSPS) is 23.7. The number of hydrogen-bond acceptors (Lipinski definition) is 3. The fourth-order valence-electron chi connectivity index (χ4n) is 2.48. The molecule has 2 atom stereocenters. The van der Waals surface area contributed by atoms with E-state index in [2.05, 4.69) is 11.8 Å². The summed E-state index contributed by atoms with van der Waals surface area (Å²) in [6.45, 7) is 4.27. The van der Waals surface area contributed by atoms with Gasteiger partial charge in [-0.05, 0) is 26.0 Å². The van der Waals surface area contributed by atoms with Crippen LogP contribution in [-0.4, -0.2) is 41.7 Å². The van der Waals surface area contributed by atoms with Gasteiger partial charge in [0.2, 0.25) is 0 Å². The van der Waals surface area contributed by atoms with Gasteiger partial charge in [0, 0.05) is 29.6 Å². The number of hydrogen-bond donors (Lipinski definition) is 1. The van der Waals surface area contributed by atoms with Crippen LogP contribution in [0.4, 0.5) is 0 Å². The Morgan fingerprint density at radius 2 is 2.25 bits per heavy atom. The molecule has 4 nitrogen and oxygen atoms in total. The molecule has 0 unspecified atom stereocenters. The number of carbonyl (C=O) groups is 1. The second kappa shape index (κ2) is 7.07. The summed E-state index contributed by atoms with van der Waals surface area (Å²) in [6, 6.07) is 8.02. The number of rotatable bonds is 5. The summed E-state index contributed by atoms with van der Waals surface area (Å²) in [5.41, 5.74) is 1.00. The van der Waals surface area contributed by atoms with Crippen molar-refractivity contribution < 1.29 is 14.6 Å². The first-order valence-electron chi connectivity index (χ1n) is 6.90. The highest BCUT2D eigenvalue weighted by molar-refractivity contribution is 6.31. The number of carboxylic acids is 1. The highest BCUT2D eigenvalue weighted by Gasteiger charge is 2.27. The van der Waals surface area contributed by atoms with Crippen LogP contribution in [0.1, 0.15) is 31.4 Å². The summed E-state index contributed by atoms with van der Waals surface area (Å²) in [7, 11) is 0. The molecule has 1 aliphatic rings. The van der Waals surface area contributed by atoms with E-state index in [4.69, 9.17) is 21.4 Å². The molecule has 0 aliphatic carbocycles. The van der Waals surface area contributed by atoms with Crippen LogP contribution < -0.4 is 0 Å². The van der Waals surface area contributed by atoms with Gasteiger partial charge in [-0.3, -0.25) is 9.69 Å². The molecule has 0 saturated carbocycles. The zero-order valence-electron chi connectivity index (χ0n) is 11.6. The Bertz CT molecular complexity index is 466. The van der Waals surface area contributed by atoms with Crippen molar-refractivity contribution in [2.24, 2.45) is 0 Å². The van der Waals surface area contributed by atoms with Crippen molar-refractivity contribution in [2.75, 3.05) is 19.7 Å². The minimum atomic E-state index is -0.742. The minimum absolute atomic E-state index is 0.0373. The van der Waals surface area contributed by atoms with E-state index in [1.165, 1.54) is 0 Å². The molecule has 0 aromatic heterocycles. The third kappa shape index (κ3) is 3.95. The zero-order chi connectivity index (χ0) is 14.5. The number of ether oxygens (including phenoxy) is 1. The van der Waals surface area contributed by atoms with Crippen molar-refractivity contribution in [1.29, 1.82) is 0 Å². The van der Waals surface area contributed by atoms with E-state index in [1.54, 1.807) is 0 Å². The third-order valence-electron chi connectivity index (χ3n) is 3.65. The number of nitrogens with zero attached hydrogens (tertiary/aromatic N) is 1. The maximum absolute atomic E-state index is 10.6. The molecule has 0 radical (unpaired) electrons. The number of halogens is 1. The number of carboxylic acid groups (broad SMARTS) is 1. The largest absolute Gasteiger partial charge is 0.481 e. The lowest BCUT2D eigenvalue weighted by Gasteiger charge is -2.38. The lowest BCUT2D eigenvalue weighted by molar-refractivity contribution is -0.137. The average molecular weight is 298 g/mol. The molecule has 1 aromatic rings. The minimum Gasteiger partial charge on any atom is -0.481 e. The standard InChI is InChI=1S/C15H20ClNO3/c1-11-10-20-14(12-5-2-3-6-13(12)16)9-17(11)8-4-7-15(18)19/h2-3,5-6,11,14H,4,7-10H2,1H3,(H,18,19)/t11-,14-/m1/s1. The van der Waals surface area contributed by atoms with Crippen LogP contribution in [0.25, 0.3) is 0 Å². The maximum atomic E-state index is 10.6. The molecule has 110 valence electrons. The van der Waals surface area contributed by atoms with E-state index in [-0.39, 0.29) is 12.5 Å². The van der Waals surface area contributed by atoms with E-state index in [9.17, 15) is 4.79 Å². The van der Waals surface area contributed by atoms with E-state index < -0.39 is 5.97 Å². The predicted molar refractivity (Wildman–Crippen MR) is 78.0 cm³/mol. The molecule has 1 saturated heterocycles. The van der Waals surface area contributed by atoms with Crippen LogP contribution in [0.15, 0.2) is 24.3 Å². The van der Waals surface area contributed by atoms with Crippen molar-refractivity contribution in [3.05, 3.63) is 34.9 Å². The van der Waals surface area contributed by atoms with Crippen LogP contribution in [-0.2, 0) is 9.53 Å². The molecule has 1 aromatic carbocycles. The van der Waals surface area contributed by atoms with Crippen LogP contribution in [0.3, 0.4) is 0 Å². The van der Waals surface area contributed by atoms with Crippen molar-refractivity contribution in [1.82, 2.24) is 4.90 Å². The Morgan fingerprint density at radius 3 is 2.95 bits per heavy atom. The SMILES string of the molecule is C[C@@H]1CO[C@@H](c2ccccc2Cl)CN1CCCC(=O)O. The van der Waals surface area contributed by atoms with E-state index in [1.807, 2.05) is 24.3 Å². The molecule has 0 spiro atoms. The summed E-state index contributed by atoms with van der Waals surface area (Å²) in [5.74, 6) is -0.742. The van der Waals surface area contributed by atoms with Gasteiger partial charge in [-0.25, -0.2) is 0 Å². The quantitative estimate of drug-likeness (QED) is 0.908. The van der Waals surface area contributed by atoms with Crippen LogP contribution in [0, 0.1) is 0 Å². The second-order valence-corrected chi connectivity index (χ2v) is 5.59. The van der Waals surface area contributed by atoms with Gasteiger partial charge in [0.15, 0.2) is 0 Å². The monoisotopic (exact) mass is 297 g/mol. The molecule has 0 bridgehead atoms. The molecule has 1 N–H and O–H groups in total. The number of benzene rings is 1. The van der Waals surface area contributed by atoms with Gasteiger partial charge in [-0.1, -0.05) is 29.8 Å². The van der Waals surface area contributed by atoms with Gasteiger partial charge in [0.1, 0.15) is 0 Å². The van der Waals surface area contributed by atoms with Gasteiger partial charge in [0.25, 0.3) is 0 Å².